The summed E-state index contributed by atoms with van der Waals surface area (Å²) in [6.07, 6.45) is 0. The molecule has 0 radical (unpaired) electrons. The number of hydrogen-bond acceptors (Lipinski definition) is 2. The van der Waals surface area contributed by atoms with Gasteiger partial charge in [-0.3, -0.25) is 0 Å². The van der Waals surface area contributed by atoms with E-state index in [9.17, 15) is 0 Å². The van der Waals surface area contributed by atoms with E-state index in [1.807, 2.05) is 18.2 Å². The topological polar surface area (TPSA) is 35.8 Å². The maximum Gasteiger partial charge on any atom is 0.0992 e. The predicted octanol–water partition coefficient (Wildman–Crippen LogP) is 3.92. The molecule has 1 N–H and O–H groups in total. The average molecular weight is 222 g/mol. The molecule has 0 atom stereocenters. The van der Waals surface area contributed by atoms with Crippen molar-refractivity contribution in [1.29, 1.82) is 5.26 Å². The van der Waals surface area contributed by atoms with Gasteiger partial charge in [-0.15, -0.1) is 0 Å². The summed E-state index contributed by atoms with van der Waals surface area (Å²) in [5.41, 5.74) is 5.13. The minimum Gasteiger partial charge on any atom is -0.355 e. The van der Waals surface area contributed by atoms with Gasteiger partial charge in [0.25, 0.3) is 0 Å². The molecule has 17 heavy (non-hydrogen) atoms. The first-order valence-electron chi connectivity index (χ1n) is 5.53. The summed E-state index contributed by atoms with van der Waals surface area (Å²) in [5, 5.41) is 12.2. The SMILES string of the molecule is Cc1ccc(Nc2cccc(C#N)c2)c(C)c1. The van der Waals surface area contributed by atoms with Gasteiger partial charge in [-0.1, -0.05) is 23.8 Å². The summed E-state index contributed by atoms with van der Waals surface area (Å²) in [6.45, 7) is 4.15. The van der Waals surface area contributed by atoms with E-state index < -0.39 is 0 Å². The van der Waals surface area contributed by atoms with E-state index >= 15 is 0 Å². The average Bonchev–Trinajstić information content (AvgIpc) is 2.33. The van der Waals surface area contributed by atoms with Crippen LogP contribution in [0.1, 0.15) is 16.7 Å². The van der Waals surface area contributed by atoms with E-state index in [1.54, 1.807) is 6.07 Å². The maximum atomic E-state index is 8.84. The van der Waals surface area contributed by atoms with Gasteiger partial charge in [-0.05, 0) is 43.7 Å². The lowest BCUT2D eigenvalue weighted by atomic mass is 10.1. The number of nitrogens with one attached hydrogen (secondary N) is 1. The first kappa shape index (κ1) is 11.2. The summed E-state index contributed by atoms with van der Waals surface area (Å²) in [7, 11) is 0. The van der Waals surface area contributed by atoms with Crippen LogP contribution < -0.4 is 5.32 Å². The third kappa shape index (κ3) is 2.64. The molecule has 0 aliphatic rings. The molecule has 2 aromatic carbocycles. The number of anilines is 2. The van der Waals surface area contributed by atoms with Crippen LogP contribution in [-0.2, 0) is 0 Å². The van der Waals surface area contributed by atoms with Crippen molar-refractivity contribution >= 4 is 11.4 Å². The zero-order valence-electron chi connectivity index (χ0n) is 9.99. The fourth-order valence-corrected chi connectivity index (χ4v) is 1.78. The molecular formula is C15H14N2. The van der Waals surface area contributed by atoms with Crippen molar-refractivity contribution in [2.24, 2.45) is 0 Å². The van der Waals surface area contributed by atoms with E-state index in [0.717, 1.165) is 11.4 Å². The van der Waals surface area contributed by atoms with E-state index in [0.29, 0.717) is 5.56 Å². The monoisotopic (exact) mass is 222 g/mol. The van der Waals surface area contributed by atoms with Crippen LogP contribution in [0, 0.1) is 25.2 Å². The Labute approximate surface area is 102 Å². The highest BCUT2D eigenvalue weighted by atomic mass is 14.9. The second kappa shape index (κ2) is 4.71. The smallest absolute Gasteiger partial charge is 0.0992 e. The lowest BCUT2D eigenvalue weighted by molar-refractivity contribution is 1.37. The zero-order valence-corrected chi connectivity index (χ0v) is 9.99. The molecular weight excluding hydrogens is 208 g/mol. The Morgan fingerprint density at radius 1 is 1.06 bits per heavy atom. The Kier molecular flexibility index (Phi) is 3.11. The molecule has 2 nitrogen and oxygen atoms in total. The Morgan fingerprint density at radius 2 is 1.88 bits per heavy atom. The Hall–Kier alpha value is -2.27. The van der Waals surface area contributed by atoms with E-state index in [1.165, 1.54) is 11.1 Å². The van der Waals surface area contributed by atoms with Crippen molar-refractivity contribution in [3.8, 4) is 6.07 Å². The number of benzene rings is 2. The van der Waals surface area contributed by atoms with Crippen LogP contribution in [0.25, 0.3) is 0 Å². The fraction of sp³-hybridized carbons (Fsp3) is 0.133. The first-order chi connectivity index (χ1) is 8.19. The normalized spacial score (nSPS) is 9.71. The molecule has 0 heterocycles. The van der Waals surface area contributed by atoms with Gasteiger partial charge in [-0.25, -0.2) is 0 Å². The Balaban J connectivity index is 2.28. The first-order valence-corrected chi connectivity index (χ1v) is 5.53. The highest BCUT2D eigenvalue weighted by Crippen LogP contribution is 2.21. The van der Waals surface area contributed by atoms with Gasteiger partial charge < -0.3 is 5.32 Å². The van der Waals surface area contributed by atoms with Crippen LogP contribution in [0.5, 0.6) is 0 Å². The number of aryl methyl sites for hydroxylation is 2. The molecule has 0 saturated carbocycles. The molecule has 0 unspecified atom stereocenters. The molecule has 0 aliphatic carbocycles. The third-order valence-electron chi connectivity index (χ3n) is 2.65. The molecule has 0 bridgehead atoms. The Morgan fingerprint density at radius 3 is 2.59 bits per heavy atom. The van der Waals surface area contributed by atoms with Crippen molar-refractivity contribution in [1.82, 2.24) is 0 Å². The van der Waals surface area contributed by atoms with Crippen LogP contribution in [0.2, 0.25) is 0 Å². The molecule has 2 aromatic rings. The number of nitriles is 1. The van der Waals surface area contributed by atoms with Crippen molar-refractivity contribution in [3.05, 3.63) is 59.2 Å². The van der Waals surface area contributed by atoms with Crippen LogP contribution in [0.4, 0.5) is 11.4 Å². The second-order valence-electron chi connectivity index (χ2n) is 4.14. The van der Waals surface area contributed by atoms with Gasteiger partial charge in [0.1, 0.15) is 0 Å². The van der Waals surface area contributed by atoms with E-state index in [2.05, 4.69) is 43.4 Å². The van der Waals surface area contributed by atoms with Crippen LogP contribution in [-0.4, -0.2) is 0 Å². The highest BCUT2D eigenvalue weighted by molar-refractivity contribution is 5.64. The lowest BCUT2D eigenvalue weighted by Crippen LogP contribution is -1.93. The molecule has 0 saturated heterocycles. The van der Waals surface area contributed by atoms with Gasteiger partial charge in [-0.2, -0.15) is 5.26 Å². The summed E-state index contributed by atoms with van der Waals surface area (Å²) < 4.78 is 0. The zero-order chi connectivity index (χ0) is 12.3. The van der Waals surface area contributed by atoms with E-state index in [-0.39, 0.29) is 0 Å². The summed E-state index contributed by atoms with van der Waals surface area (Å²) in [6, 6.07) is 15.9. The summed E-state index contributed by atoms with van der Waals surface area (Å²) in [5.74, 6) is 0. The molecule has 2 rings (SSSR count). The van der Waals surface area contributed by atoms with Crippen LogP contribution in [0.3, 0.4) is 0 Å². The molecule has 0 amide bonds. The quantitative estimate of drug-likeness (QED) is 0.836. The van der Waals surface area contributed by atoms with E-state index in [4.69, 9.17) is 5.26 Å². The summed E-state index contributed by atoms with van der Waals surface area (Å²) >= 11 is 0. The molecule has 0 aromatic heterocycles. The van der Waals surface area contributed by atoms with Gasteiger partial charge in [0, 0.05) is 11.4 Å². The Bertz CT molecular complexity index is 580. The van der Waals surface area contributed by atoms with Crippen molar-refractivity contribution < 1.29 is 0 Å². The maximum absolute atomic E-state index is 8.84. The van der Waals surface area contributed by atoms with Gasteiger partial charge >= 0.3 is 0 Å². The molecule has 84 valence electrons. The minimum atomic E-state index is 0.666. The van der Waals surface area contributed by atoms with Crippen LogP contribution >= 0.6 is 0 Å². The number of rotatable bonds is 2. The molecule has 0 spiro atoms. The van der Waals surface area contributed by atoms with Gasteiger partial charge in [0.2, 0.25) is 0 Å². The van der Waals surface area contributed by atoms with Crippen molar-refractivity contribution in [3.63, 3.8) is 0 Å². The summed E-state index contributed by atoms with van der Waals surface area (Å²) in [4.78, 5) is 0. The van der Waals surface area contributed by atoms with Gasteiger partial charge in [0.05, 0.1) is 11.6 Å². The predicted molar refractivity (Wildman–Crippen MR) is 70.4 cm³/mol. The molecule has 2 heteroatoms. The fourth-order valence-electron chi connectivity index (χ4n) is 1.78. The van der Waals surface area contributed by atoms with Crippen LogP contribution in [0.15, 0.2) is 42.5 Å². The minimum absolute atomic E-state index is 0.666. The lowest BCUT2D eigenvalue weighted by Gasteiger charge is -2.10. The molecule has 0 fully saturated rings. The standard InChI is InChI=1S/C15H14N2/c1-11-6-7-15(12(2)8-11)17-14-5-3-4-13(9-14)10-16/h3-9,17H,1-2H3. The largest absolute Gasteiger partial charge is 0.355 e. The highest BCUT2D eigenvalue weighted by Gasteiger charge is 2.00. The second-order valence-corrected chi connectivity index (χ2v) is 4.14. The third-order valence-corrected chi connectivity index (χ3v) is 2.65. The van der Waals surface area contributed by atoms with Crippen molar-refractivity contribution in [2.75, 3.05) is 5.32 Å². The number of hydrogen-bond donors (Lipinski definition) is 1. The van der Waals surface area contributed by atoms with Gasteiger partial charge in [0.15, 0.2) is 0 Å². The van der Waals surface area contributed by atoms with Crippen molar-refractivity contribution in [2.45, 2.75) is 13.8 Å². The number of nitrogens with zero attached hydrogens (tertiary/aromatic N) is 1. The molecule has 0 aliphatic heterocycles.